The summed E-state index contributed by atoms with van der Waals surface area (Å²) < 4.78 is 2.73. The lowest BCUT2D eigenvalue weighted by Gasteiger charge is -2.03. The molecule has 1 aromatic carbocycles. The van der Waals surface area contributed by atoms with Crippen LogP contribution >= 0.6 is 27.3 Å². The van der Waals surface area contributed by atoms with Gasteiger partial charge in [0.2, 0.25) is 0 Å². The highest BCUT2D eigenvalue weighted by molar-refractivity contribution is 9.10. The van der Waals surface area contributed by atoms with Crippen molar-refractivity contribution >= 4 is 33.1 Å². The molecule has 2 heterocycles. The number of nitrogens with two attached hydrogens (primary N) is 1. The summed E-state index contributed by atoms with van der Waals surface area (Å²) in [5, 5.41) is 5.56. The maximum atomic E-state index is 6.20. The van der Waals surface area contributed by atoms with Crippen molar-refractivity contribution in [3.8, 4) is 21.7 Å². The highest BCUT2D eigenvalue weighted by atomic mass is 79.9. The summed E-state index contributed by atoms with van der Waals surface area (Å²) in [5.41, 5.74) is 9.09. The van der Waals surface area contributed by atoms with Crippen LogP contribution in [0.5, 0.6) is 0 Å². The van der Waals surface area contributed by atoms with Crippen LogP contribution in [0.15, 0.2) is 34.9 Å². The van der Waals surface area contributed by atoms with Crippen molar-refractivity contribution in [2.75, 3.05) is 5.73 Å². The molecular weight excluding hydrogens is 336 g/mol. The lowest BCUT2D eigenvalue weighted by atomic mass is 10.1. The van der Waals surface area contributed by atoms with Crippen molar-refractivity contribution in [1.82, 2.24) is 14.8 Å². The van der Waals surface area contributed by atoms with Crippen molar-refractivity contribution in [3.63, 3.8) is 0 Å². The van der Waals surface area contributed by atoms with E-state index in [1.54, 1.807) is 16.0 Å². The molecule has 0 aliphatic heterocycles. The number of rotatable bonds is 2. The van der Waals surface area contributed by atoms with Crippen molar-refractivity contribution in [1.29, 1.82) is 0 Å². The lowest BCUT2D eigenvalue weighted by molar-refractivity contribution is 0.783. The molecule has 0 fully saturated rings. The number of nitrogens with zero attached hydrogens (tertiary/aromatic N) is 3. The third-order valence-corrected chi connectivity index (χ3v) is 4.47. The second-order valence-electron chi connectivity index (χ2n) is 4.49. The van der Waals surface area contributed by atoms with Crippen LogP contribution in [-0.2, 0) is 7.05 Å². The van der Waals surface area contributed by atoms with Gasteiger partial charge in [-0.2, -0.15) is 5.10 Å². The molecule has 0 unspecified atom stereocenters. The third-order valence-electron chi connectivity index (χ3n) is 3.06. The van der Waals surface area contributed by atoms with Gasteiger partial charge in [-0.15, -0.1) is 11.3 Å². The van der Waals surface area contributed by atoms with E-state index in [1.165, 1.54) is 0 Å². The van der Waals surface area contributed by atoms with Crippen LogP contribution in [0.4, 0.5) is 5.82 Å². The van der Waals surface area contributed by atoms with Gasteiger partial charge < -0.3 is 5.73 Å². The van der Waals surface area contributed by atoms with Crippen LogP contribution in [0.1, 0.15) is 5.01 Å². The molecule has 0 saturated carbocycles. The molecule has 6 heteroatoms. The van der Waals surface area contributed by atoms with Crippen LogP contribution in [0.3, 0.4) is 0 Å². The van der Waals surface area contributed by atoms with Gasteiger partial charge in [-0.1, -0.05) is 28.1 Å². The predicted molar refractivity (Wildman–Crippen MR) is 86.6 cm³/mol. The van der Waals surface area contributed by atoms with Gasteiger partial charge >= 0.3 is 0 Å². The number of thiazole rings is 1. The van der Waals surface area contributed by atoms with Crippen molar-refractivity contribution < 1.29 is 0 Å². The number of aromatic nitrogens is 3. The Kier molecular flexibility index (Phi) is 3.35. The van der Waals surface area contributed by atoms with Crippen molar-refractivity contribution in [2.45, 2.75) is 6.92 Å². The van der Waals surface area contributed by atoms with Crippen LogP contribution in [0, 0.1) is 6.92 Å². The van der Waals surface area contributed by atoms with Gasteiger partial charge in [0.25, 0.3) is 0 Å². The van der Waals surface area contributed by atoms with Gasteiger partial charge in [0, 0.05) is 17.7 Å². The Morgan fingerprint density at radius 2 is 2.15 bits per heavy atom. The molecule has 0 aliphatic rings. The highest BCUT2D eigenvalue weighted by Crippen LogP contribution is 2.38. The van der Waals surface area contributed by atoms with Gasteiger partial charge in [0.05, 0.1) is 15.4 Å². The topological polar surface area (TPSA) is 56.7 Å². The van der Waals surface area contributed by atoms with Crippen LogP contribution in [-0.4, -0.2) is 14.8 Å². The molecule has 0 atom stereocenters. The van der Waals surface area contributed by atoms with Gasteiger partial charge in [-0.25, -0.2) is 4.98 Å². The fourth-order valence-corrected chi connectivity index (χ4v) is 3.28. The summed E-state index contributed by atoms with van der Waals surface area (Å²) in [6.07, 6.45) is 1.85. The first-order valence-corrected chi connectivity index (χ1v) is 7.68. The average Bonchev–Trinajstić information content (AvgIpc) is 2.95. The van der Waals surface area contributed by atoms with Crippen LogP contribution < -0.4 is 5.73 Å². The number of benzene rings is 1. The zero-order valence-corrected chi connectivity index (χ0v) is 13.5. The summed E-state index contributed by atoms with van der Waals surface area (Å²) in [5.74, 6) is 0.657. The number of hydrogen-bond donors (Lipinski definition) is 1. The lowest BCUT2D eigenvalue weighted by Crippen LogP contribution is -1.97. The fourth-order valence-electron chi connectivity index (χ4n) is 2.11. The molecule has 0 radical (unpaired) electrons. The van der Waals surface area contributed by atoms with Gasteiger partial charge in [-0.05, 0) is 24.6 Å². The standard InChI is InChI=1S/C14H13BrN4S/c1-8-17-7-11(20-8)13-12(14(16)19(2)18-13)9-4-3-5-10(15)6-9/h3-7H,16H2,1-2H3. The van der Waals surface area contributed by atoms with Crippen LogP contribution in [0.2, 0.25) is 0 Å². The smallest absolute Gasteiger partial charge is 0.129 e. The highest BCUT2D eigenvalue weighted by Gasteiger charge is 2.19. The molecule has 0 bridgehead atoms. The molecule has 20 heavy (non-hydrogen) atoms. The van der Waals surface area contributed by atoms with E-state index in [-0.39, 0.29) is 0 Å². The zero-order valence-electron chi connectivity index (χ0n) is 11.1. The molecule has 4 nitrogen and oxygen atoms in total. The summed E-state index contributed by atoms with van der Waals surface area (Å²) in [7, 11) is 1.86. The minimum atomic E-state index is 0.657. The van der Waals surface area contributed by atoms with Gasteiger partial charge in [0.1, 0.15) is 11.5 Å². The van der Waals surface area contributed by atoms with E-state index in [1.807, 2.05) is 44.4 Å². The van der Waals surface area contributed by atoms with Crippen molar-refractivity contribution in [2.24, 2.45) is 7.05 Å². The van der Waals surface area contributed by atoms with E-state index in [2.05, 4.69) is 26.0 Å². The first-order valence-electron chi connectivity index (χ1n) is 6.07. The van der Waals surface area contributed by atoms with E-state index in [0.29, 0.717) is 5.82 Å². The summed E-state index contributed by atoms with van der Waals surface area (Å²) in [4.78, 5) is 5.34. The molecule has 0 aliphatic carbocycles. The molecule has 0 spiro atoms. The Bertz CT molecular complexity index is 775. The normalized spacial score (nSPS) is 10.9. The third kappa shape index (κ3) is 2.25. The number of anilines is 1. The molecular formula is C14H13BrN4S. The first kappa shape index (κ1) is 13.3. The Balaban J connectivity index is 2.24. The Hall–Kier alpha value is -1.66. The van der Waals surface area contributed by atoms with Crippen LogP contribution in [0.25, 0.3) is 21.7 Å². The Labute approximate surface area is 129 Å². The minimum absolute atomic E-state index is 0.657. The SMILES string of the molecule is Cc1ncc(-c2nn(C)c(N)c2-c2cccc(Br)c2)s1. The van der Waals surface area contributed by atoms with E-state index in [4.69, 9.17) is 5.73 Å². The number of hydrogen-bond acceptors (Lipinski definition) is 4. The minimum Gasteiger partial charge on any atom is -0.383 e. The molecule has 3 rings (SSSR count). The van der Waals surface area contributed by atoms with E-state index < -0.39 is 0 Å². The maximum absolute atomic E-state index is 6.20. The van der Waals surface area contributed by atoms with E-state index in [9.17, 15) is 0 Å². The first-order chi connectivity index (χ1) is 9.56. The summed E-state index contributed by atoms with van der Waals surface area (Å²) in [6, 6.07) is 8.07. The fraction of sp³-hybridized carbons (Fsp3) is 0.143. The van der Waals surface area contributed by atoms with Crippen molar-refractivity contribution in [3.05, 3.63) is 39.9 Å². The van der Waals surface area contributed by atoms with Gasteiger partial charge in [-0.3, -0.25) is 4.68 Å². The maximum Gasteiger partial charge on any atom is 0.129 e. The molecule has 3 aromatic rings. The number of halogens is 1. The van der Waals surface area contributed by atoms with Gasteiger partial charge in [0.15, 0.2) is 0 Å². The van der Waals surface area contributed by atoms with E-state index >= 15 is 0 Å². The van der Waals surface area contributed by atoms with E-state index in [0.717, 1.165) is 31.2 Å². The molecule has 0 saturated heterocycles. The molecule has 102 valence electrons. The monoisotopic (exact) mass is 348 g/mol. The Morgan fingerprint density at radius 1 is 1.35 bits per heavy atom. The summed E-state index contributed by atoms with van der Waals surface area (Å²) in [6.45, 7) is 1.99. The Morgan fingerprint density at radius 3 is 2.80 bits per heavy atom. The second kappa shape index (κ2) is 5.03. The quantitative estimate of drug-likeness (QED) is 0.764. The zero-order chi connectivity index (χ0) is 14.3. The number of aryl methyl sites for hydroxylation is 2. The second-order valence-corrected chi connectivity index (χ2v) is 6.64. The summed E-state index contributed by atoms with van der Waals surface area (Å²) >= 11 is 5.12. The molecule has 2 N–H and O–H groups in total. The largest absolute Gasteiger partial charge is 0.383 e. The molecule has 2 aromatic heterocycles. The predicted octanol–water partition coefficient (Wildman–Crippen LogP) is 3.86. The average molecular weight is 349 g/mol. The number of nitrogen functional groups attached to an aromatic ring is 1. The molecule has 0 amide bonds.